The van der Waals surface area contributed by atoms with Crippen molar-refractivity contribution < 1.29 is 28.5 Å². The van der Waals surface area contributed by atoms with Gasteiger partial charge >= 0.3 is 0 Å². The van der Waals surface area contributed by atoms with Gasteiger partial charge in [0.1, 0.15) is 24.6 Å². The van der Waals surface area contributed by atoms with E-state index in [-0.39, 0.29) is 0 Å². The largest absolute Gasteiger partial charge is 0.394 e. The summed E-state index contributed by atoms with van der Waals surface area (Å²) < 4.78 is 32.7. The number of anilines is 2. The molecule has 1 aromatic carbocycles. The van der Waals surface area contributed by atoms with Gasteiger partial charge in [-0.05, 0) is 30.2 Å². The zero-order valence-electron chi connectivity index (χ0n) is 18.7. The second kappa shape index (κ2) is 9.05. The summed E-state index contributed by atoms with van der Waals surface area (Å²) in [5.74, 6) is 0.486. The van der Waals surface area contributed by atoms with Crippen molar-refractivity contribution in [2.75, 3.05) is 29.4 Å². The van der Waals surface area contributed by atoms with Gasteiger partial charge in [0.25, 0.3) is 0 Å². The van der Waals surface area contributed by atoms with E-state index in [1.807, 2.05) is 12.3 Å². The minimum absolute atomic E-state index is 0.404. The van der Waals surface area contributed by atoms with E-state index in [9.17, 15) is 23.7 Å². The van der Waals surface area contributed by atoms with Gasteiger partial charge in [0.15, 0.2) is 23.2 Å². The number of fused-ring (bicyclic) bond motifs is 2. The van der Waals surface area contributed by atoms with Gasteiger partial charge in [-0.2, -0.15) is 0 Å². The number of rotatable bonds is 8. The van der Waals surface area contributed by atoms with Gasteiger partial charge < -0.3 is 30.4 Å². The Labute approximate surface area is 199 Å². The summed E-state index contributed by atoms with van der Waals surface area (Å²) in [6.07, 6.45) is 2.07. The Morgan fingerprint density at radius 2 is 2.03 bits per heavy atom. The summed E-state index contributed by atoms with van der Waals surface area (Å²) in [5, 5.41) is 33.9. The summed E-state index contributed by atoms with van der Waals surface area (Å²) in [7, 11) is -3.38. The first kappa shape index (κ1) is 23.4. The molecule has 0 unspecified atom stereocenters. The minimum Gasteiger partial charge on any atom is -0.394 e. The van der Waals surface area contributed by atoms with Crippen LogP contribution in [0.5, 0.6) is 0 Å². The minimum atomic E-state index is -3.38. The lowest BCUT2D eigenvalue weighted by Crippen LogP contribution is -2.33. The molecule has 0 radical (unpaired) electrons. The highest BCUT2D eigenvalue weighted by Gasteiger charge is 2.44. The Kier molecular flexibility index (Phi) is 6.06. The number of aliphatic hydroxyl groups is 3. The van der Waals surface area contributed by atoms with Gasteiger partial charge in [0.2, 0.25) is 10.0 Å². The number of aliphatic hydroxyl groups excluding tert-OH is 3. The highest BCUT2D eigenvalue weighted by Crippen LogP contribution is 2.32. The molecule has 0 bridgehead atoms. The van der Waals surface area contributed by atoms with Crippen LogP contribution < -0.4 is 10.0 Å². The maximum Gasteiger partial charge on any atom is 0.229 e. The molecular formula is C21H25N7O6S. The summed E-state index contributed by atoms with van der Waals surface area (Å²) >= 11 is 0. The Balaban J connectivity index is 1.33. The van der Waals surface area contributed by atoms with Crippen LogP contribution in [-0.2, 0) is 21.2 Å². The molecule has 13 nitrogen and oxygen atoms in total. The van der Waals surface area contributed by atoms with E-state index in [0.29, 0.717) is 35.6 Å². The molecule has 4 heterocycles. The number of imidazole rings is 1. The predicted molar refractivity (Wildman–Crippen MR) is 127 cm³/mol. The van der Waals surface area contributed by atoms with Crippen LogP contribution in [0, 0.1) is 0 Å². The molecule has 1 aliphatic heterocycles. The molecule has 3 aromatic heterocycles. The molecule has 0 saturated carbocycles. The summed E-state index contributed by atoms with van der Waals surface area (Å²) in [6, 6.07) is 5.30. The van der Waals surface area contributed by atoms with Gasteiger partial charge in [-0.25, -0.2) is 23.4 Å². The fourth-order valence-corrected chi connectivity index (χ4v) is 4.81. The van der Waals surface area contributed by atoms with E-state index < -0.39 is 41.2 Å². The van der Waals surface area contributed by atoms with E-state index in [2.05, 4.69) is 30.0 Å². The standard InChI is InChI=1S/C21H25N7O6S/c1-35(32,33)27-12-2-3-14-13(6-12)11(7-23-14)4-5-22-19-16-20(25-9-24-19)28(10-26-16)21-18(31)17(30)15(8-29)34-21/h2-3,6-7,9-10,15,17-18,21,23,27,29-31H,4-5,8H2,1H3,(H,22,24,25)/t15-,17-,18-,21-/m1/s1. The van der Waals surface area contributed by atoms with Crippen molar-refractivity contribution in [2.24, 2.45) is 0 Å². The molecule has 35 heavy (non-hydrogen) atoms. The number of aromatic nitrogens is 5. The van der Waals surface area contributed by atoms with Gasteiger partial charge in [0.05, 0.1) is 19.2 Å². The lowest BCUT2D eigenvalue weighted by molar-refractivity contribution is -0.0511. The first-order valence-electron chi connectivity index (χ1n) is 10.9. The molecule has 1 saturated heterocycles. The van der Waals surface area contributed by atoms with Gasteiger partial charge in [-0.3, -0.25) is 9.29 Å². The van der Waals surface area contributed by atoms with Crippen molar-refractivity contribution in [3.8, 4) is 0 Å². The molecule has 5 rings (SSSR count). The van der Waals surface area contributed by atoms with Crippen molar-refractivity contribution >= 4 is 43.6 Å². The van der Waals surface area contributed by atoms with Crippen LogP contribution in [0.3, 0.4) is 0 Å². The first-order chi connectivity index (χ1) is 16.7. The summed E-state index contributed by atoms with van der Waals surface area (Å²) in [5.41, 5.74) is 3.24. The Morgan fingerprint density at radius 3 is 2.77 bits per heavy atom. The van der Waals surface area contributed by atoms with Crippen LogP contribution in [-0.4, -0.2) is 86.0 Å². The zero-order chi connectivity index (χ0) is 24.7. The highest BCUT2D eigenvalue weighted by atomic mass is 32.2. The lowest BCUT2D eigenvalue weighted by atomic mass is 10.1. The average molecular weight is 504 g/mol. The van der Waals surface area contributed by atoms with Crippen LogP contribution in [0.25, 0.3) is 22.1 Å². The number of sulfonamides is 1. The highest BCUT2D eigenvalue weighted by molar-refractivity contribution is 7.92. The molecule has 0 spiro atoms. The fourth-order valence-electron chi connectivity index (χ4n) is 4.26. The van der Waals surface area contributed by atoms with Gasteiger partial charge in [-0.15, -0.1) is 0 Å². The topological polar surface area (TPSA) is 188 Å². The molecular weight excluding hydrogens is 478 g/mol. The van der Waals surface area contributed by atoms with Crippen molar-refractivity contribution in [1.82, 2.24) is 24.5 Å². The number of H-pyrrole nitrogens is 1. The van der Waals surface area contributed by atoms with E-state index in [1.54, 1.807) is 12.1 Å². The maximum atomic E-state index is 11.6. The molecule has 0 aliphatic carbocycles. The Morgan fingerprint density at radius 1 is 1.20 bits per heavy atom. The number of ether oxygens (including phenoxy) is 1. The zero-order valence-corrected chi connectivity index (χ0v) is 19.5. The van der Waals surface area contributed by atoms with E-state index in [1.165, 1.54) is 17.2 Å². The molecule has 186 valence electrons. The first-order valence-corrected chi connectivity index (χ1v) is 12.8. The molecule has 6 N–H and O–H groups in total. The summed E-state index contributed by atoms with van der Waals surface area (Å²) in [6.45, 7) is 0.0757. The number of hydrogen-bond donors (Lipinski definition) is 6. The van der Waals surface area contributed by atoms with Crippen molar-refractivity contribution in [2.45, 2.75) is 31.0 Å². The predicted octanol–water partition coefficient (Wildman–Crippen LogP) is -0.0548. The van der Waals surface area contributed by atoms with E-state index >= 15 is 0 Å². The van der Waals surface area contributed by atoms with Crippen molar-refractivity contribution in [1.29, 1.82) is 0 Å². The maximum absolute atomic E-state index is 11.6. The molecule has 0 amide bonds. The molecule has 1 aliphatic rings. The second-order valence-electron chi connectivity index (χ2n) is 8.40. The normalized spacial score (nSPS) is 22.7. The Hall–Kier alpha value is -3.30. The molecule has 4 aromatic rings. The number of nitrogens with zero attached hydrogens (tertiary/aromatic N) is 4. The molecule has 14 heteroatoms. The van der Waals surface area contributed by atoms with Crippen LogP contribution in [0.4, 0.5) is 11.5 Å². The third-order valence-electron chi connectivity index (χ3n) is 5.91. The number of hydrogen-bond acceptors (Lipinski definition) is 10. The van der Waals surface area contributed by atoms with Crippen molar-refractivity contribution in [3.63, 3.8) is 0 Å². The van der Waals surface area contributed by atoms with Crippen LogP contribution in [0.2, 0.25) is 0 Å². The van der Waals surface area contributed by atoms with Gasteiger partial charge in [0, 0.05) is 29.3 Å². The van der Waals surface area contributed by atoms with E-state index in [0.717, 1.165) is 22.7 Å². The summed E-state index contributed by atoms with van der Waals surface area (Å²) in [4.78, 5) is 16.1. The van der Waals surface area contributed by atoms with Crippen LogP contribution in [0.15, 0.2) is 37.1 Å². The number of nitrogens with one attached hydrogen (secondary N) is 3. The monoisotopic (exact) mass is 503 g/mol. The van der Waals surface area contributed by atoms with Gasteiger partial charge in [-0.1, -0.05) is 0 Å². The fraction of sp³-hybridized carbons (Fsp3) is 0.381. The van der Waals surface area contributed by atoms with Crippen LogP contribution in [0.1, 0.15) is 11.8 Å². The number of aromatic amines is 1. The molecule has 4 atom stereocenters. The third-order valence-corrected chi connectivity index (χ3v) is 6.51. The smallest absolute Gasteiger partial charge is 0.229 e. The number of benzene rings is 1. The third kappa shape index (κ3) is 4.53. The van der Waals surface area contributed by atoms with Crippen molar-refractivity contribution in [3.05, 3.63) is 42.6 Å². The van der Waals surface area contributed by atoms with Crippen LogP contribution >= 0.6 is 0 Å². The van der Waals surface area contributed by atoms with E-state index in [4.69, 9.17) is 4.74 Å². The average Bonchev–Trinajstić information content (AvgIpc) is 3.50. The lowest BCUT2D eigenvalue weighted by Gasteiger charge is -2.16. The second-order valence-corrected chi connectivity index (χ2v) is 10.1. The molecule has 1 fully saturated rings. The SMILES string of the molecule is CS(=O)(=O)Nc1ccc2[nH]cc(CCNc3ncnc4c3ncn4[C@@H]3O[C@H](CO)[C@@H](O)[C@H]3O)c2c1. The quantitative estimate of drug-likeness (QED) is 0.190. The Bertz CT molecular complexity index is 1470.